The highest BCUT2D eigenvalue weighted by atomic mass is 16.5. The van der Waals surface area contributed by atoms with Gasteiger partial charge in [-0.3, -0.25) is 4.68 Å². The van der Waals surface area contributed by atoms with Crippen LogP contribution in [-0.4, -0.2) is 77.3 Å². The van der Waals surface area contributed by atoms with E-state index in [2.05, 4.69) is 44.7 Å². The fraction of sp³-hybridized carbons (Fsp3) is 0.583. The Labute approximate surface area is 199 Å². The molecule has 34 heavy (non-hydrogen) atoms. The Morgan fingerprint density at radius 1 is 1.12 bits per heavy atom. The van der Waals surface area contributed by atoms with Gasteiger partial charge in [-0.15, -0.1) is 0 Å². The Kier molecular flexibility index (Phi) is 5.29. The highest BCUT2D eigenvalue weighted by Gasteiger charge is 2.50. The number of hydrogen-bond donors (Lipinski definition) is 1. The molecule has 3 aliphatic rings. The van der Waals surface area contributed by atoms with Gasteiger partial charge in [0, 0.05) is 57.8 Å². The number of rotatable bonds is 6. The Morgan fingerprint density at radius 2 is 1.91 bits per heavy atom. The Balaban J connectivity index is 1.23. The molecular formula is C24H32N8O2. The molecule has 10 heteroatoms. The molecule has 6 heterocycles. The molecule has 0 amide bonds. The first-order valence-electron chi connectivity index (χ1n) is 12.1. The fourth-order valence-corrected chi connectivity index (χ4v) is 5.19. The van der Waals surface area contributed by atoms with Crippen LogP contribution in [0, 0.1) is 5.41 Å². The first kappa shape index (κ1) is 21.5. The standard InChI is InChI=1S/C24H32N8O2/c1-16(2)32-19-10-21(26-11-18(19)22(29-32)31-12-24(13-31)14-34-15-24)27-20-4-7-25-23(28-20)30-8-5-17(33-3)6-9-30/h4,7,10-11,16-17H,5-6,8-9,12-15H2,1-3H3,(H,25,26,27,28). The summed E-state index contributed by atoms with van der Waals surface area (Å²) in [6.07, 6.45) is 6.03. The lowest BCUT2D eigenvalue weighted by Crippen LogP contribution is -2.66. The Bertz CT molecular complexity index is 1170. The Morgan fingerprint density at radius 3 is 2.59 bits per heavy atom. The number of aromatic nitrogens is 5. The van der Waals surface area contributed by atoms with E-state index in [1.165, 1.54) is 0 Å². The van der Waals surface area contributed by atoms with Gasteiger partial charge in [0.05, 0.1) is 35.6 Å². The number of ether oxygens (including phenoxy) is 2. The van der Waals surface area contributed by atoms with Crippen LogP contribution >= 0.6 is 0 Å². The van der Waals surface area contributed by atoms with Crippen LogP contribution in [-0.2, 0) is 9.47 Å². The fourth-order valence-electron chi connectivity index (χ4n) is 5.19. The summed E-state index contributed by atoms with van der Waals surface area (Å²) in [5.74, 6) is 3.23. The monoisotopic (exact) mass is 464 g/mol. The molecule has 0 saturated carbocycles. The molecule has 3 fully saturated rings. The van der Waals surface area contributed by atoms with Crippen molar-refractivity contribution in [3.8, 4) is 0 Å². The van der Waals surface area contributed by atoms with Crippen molar-refractivity contribution < 1.29 is 9.47 Å². The van der Waals surface area contributed by atoms with Gasteiger partial charge in [0.15, 0.2) is 5.82 Å². The SMILES string of the molecule is COC1CCN(c2nccc(Nc3cc4c(cn3)c(N3CC5(COC5)C3)nn4C(C)C)n2)CC1. The van der Waals surface area contributed by atoms with Gasteiger partial charge in [0.1, 0.15) is 11.6 Å². The molecule has 3 aromatic rings. The van der Waals surface area contributed by atoms with Crippen LogP contribution in [0.5, 0.6) is 0 Å². The summed E-state index contributed by atoms with van der Waals surface area (Å²) in [7, 11) is 1.78. The van der Waals surface area contributed by atoms with E-state index in [4.69, 9.17) is 24.5 Å². The van der Waals surface area contributed by atoms with E-state index < -0.39 is 0 Å². The highest BCUT2D eigenvalue weighted by Crippen LogP contribution is 2.42. The smallest absolute Gasteiger partial charge is 0.227 e. The molecule has 3 aromatic heterocycles. The van der Waals surface area contributed by atoms with Crippen molar-refractivity contribution >= 4 is 34.3 Å². The molecule has 6 rings (SSSR count). The number of nitrogens with one attached hydrogen (secondary N) is 1. The summed E-state index contributed by atoms with van der Waals surface area (Å²) in [6.45, 7) is 9.84. The maximum atomic E-state index is 5.48. The van der Waals surface area contributed by atoms with Crippen LogP contribution in [0.25, 0.3) is 10.9 Å². The quantitative estimate of drug-likeness (QED) is 0.591. The maximum absolute atomic E-state index is 5.48. The zero-order valence-electron chi connectivity index (χ0n) is 20.1. The molecular weight excluding hydrogens is 432 g/mol. The minimum Gasteiger partial charge on any atom is -0.381 e. The van der Waals surface area contributed by atoms with Crippen molar-refractivity contribution in [2.75, 3.05) is 61.6 Å². The van der Waals surface area contributed by atoms with E-state index in [0.29, 0.717) is 11.5 Å². The largest absolute Gasteiger partial charge is 0.381 e. The van der Waals surface area contributed by atoms with Crippen molar-refractivity contribution in [2.45, 2.75) is 38.8 Å². The topological polar surface area (TPSA) is 93.5 Å². The van der Waals surface area contributed by atoms with E-state index in [1.807, 2.05) is 12.3 Å². The van der Waals surface area contributed by atoms with Crippen LogP contribution in [0.3, 0.4) is 0 Å². The lowest BCUT2D eigenvalue weighted by Gasteiger charge is -2.55. The Hall–Kier alpha value is -2.98. The second-order valence-electron chi connectivity index (χ2n) is 10.1. The first-order chi connectivity index (χ1) is 16.5. The summed E-state index contributed by atoms with van der Waals surface area (Å²) in [5.41, 5.74) is 1.41. The maximum Gasteiger partial charge on any atom is 0.227 e. The average Bonchev–Trinajstić information content (AvgIpc) is 3.16. The summed E-state index contributed by atoms with van der Waals surface area (Å²) in [4.78, 5) is 18.5. The second kappa shape index (κ2) is 8.35. The van der Waals surface area contributed by atoms with Gasteiger partial charge in [-0.25, -0.2) is 9.97 Å². The third kappa shape index (κ3) is 3.74. The van der Waals surface area contributed by atoms with Gasteiger partial charge in [0.25, 0.3) is 0 Å². The molecule has 0 unspecified atom stereocenters. The molecule has 0 bridgehead atoms. The molecule has 3 aliphatic heterocycles. The van der Waals surface area contributed by atoms with Crippen LogP contribution in [0.15, 0.2) is 24.5 Å². The van der Waals surface area contributed by atoms with Gasteiger partial charge in [-0.1, -0.05) is 0 Å². The van der Waals surface area contributed by atoms with Crippen LogP contribution in [0.1, 0.15) is 32.7 Å². The van der Waals surface area contributed by atoms with Crippen molar-refractivity contribution in [1.29, 1.82) is 0 Å². The van der Waals surface area contributed by atoms with Crippen LogP contribution < -0.4 is 15.1 Å². The molecule has 10 nitrogen and oxygen atoms in total. The van der Waals surface area contributed by atoms with Gasteiger partial charge in [0.2, 0.25) is 5.95 Å². The molecule has 0 atom stereocenters. The summed E-state index contributed by atoms with van der Waals surface area (Å²) >= 11 is 0. The number of methoxy groups -OCH3 is 1. The van der Waals surface area contributed by atoms with Crippen molar-refractivity contribution in [2.24, 2.45) is 5.41 Å². The zero-order valence-corrected chi connectivity index (χ0v) is 20.1. The van der Waals surface area contributed by atoms with E-state index in [1.54, 1.807) is 13.3 Å². The van der Waals surface area contributed by atoms with Crippen LogP contribution in [0.2, 0.25) is 0 Å². The lowest BCUT2D eigenvalue weighted by molar-refractivity contribution is -0.127. The molecule has 0 aliphatic carbocycles. The average molecular weight is 465 g/mol. The molecule has 3 saturated heterocycles. The summed E-state index contributed by atoms with van der Waals surface area (Å²) < 4.78 is 13.0. The zero-order chi connectivity index (χ0) is 23.3. The third-order valence-corrected chi connectivity index (χ3v) is 7.19. The van der Waals surface area contributed by atoms with Crippen molar-refractivity contribution in [3.63, 3.8) is 0 Å². The van der Waals surface area contributed by atoms with Gasteiger partial charge < -0.3 is 24.6 Å². The van der Waals surface area contributed by atoms with Crippen molar-refractivity contribution in [1.82, 2.24) is 24.7 Å². The van der Waals surface area contributed by atoms with Crippen molar-refractivity contribution in [3.05, 3.63) is 24.5 Å². The number of fused-ring (bicyclic) bond motifs is 1. The number of piperidine rings is 1. The highest BCUT2D eigenvalue weighted by molar-refractivity contribution is 5.92. The van der Waals surface area contributed by atoms with E-state index in [-0.39, 0.29) is 6.04 Å². The summed E-state index contributed by atoms with van der Waals surface area (Å²) in [6, 6.07) is 4.19. The first-order valence-corrected chi connectivity index (χ1v) is 12.1. The summed E-state index contributed by atoms with van der Waals surface area (Å²) in [5, 5.41) is 9.42. The molecule has 0 radical (unpaired) electrons. The van der Waals surface area contributed by atoms with E-state index in [9.17, 15) is 0 Å². The van der Waals surface area contributed by atoms with E-state index >= 15 is 0 Å². The van der Waals surface area contributed by atoms with E-state index in [0.717, 1.165) is 86.5 Å². The molecule has 1 N–H and O–H groups in total. The second-order valence-corrected chi connectivity index (χ2v) is 10.1. The van der Waals surface area contributed by atoms with Gasteiger partial charge in [-0.05, 0) is 32.8 Å². The number of anilines is 4. The number of hydrogen-bond acceptors (Lipinski definition) is 9. The van der Waals surface area contributed by atoms with Gasteiger partial charge in [-0.2, -0.15) is 10.1 Å². The lowest BCUT2D eigenvalue weighted by atomic mass is 9.78. The minimum atomic E-state index is 0.245. The predicted octanol–water partition coefficient (Wildman–Crippen LogP) is 3.00. The molecule has 0 aromatic carbocycles. The molecule has 1 spiro atoms. The minimum absolute atomic E-state index is 0.245. The number of nitrogens with zero attached hydrogens (tertiary/aromatic N) is 7. The normalized spacial score (nSPS) is 20.1. The third-order valence-electron chi connectivity index (χ3n) is 7.19. The number of pyridine rings is 1. The van der Waals surface area contributed by atoms with Crippen LogP contribution in [0.4, 0.5) is 23.4 Å². The van der Waals surface area contributed by atoms with Gasteiger partial charge >= 0.3 is 0 Å². The predicted molar refractivity (Wildman–Crippen MR) is 131 cm³/mol. The molecule has 180 valence electrons.